The van der Waals surface area contributed by atoms with Gasteiger partial charge in [-0.25, -0.2) is 0 Å². The number of hydrogen-bond donors (Lipinski definition) is 3. The van der Waals surface area contributed by atoms with Crippen LogP contribution in [0.2, 0.25) is 0 Å². The van der Waals surface area contributed by atoms with Crippen molar-refractivity contribution >= 4 is 0 Å². The van der Waals surface area contributed by atoms with E-state index in [-0.39, 0.29) is 6.61 Å². The molecule has 1 atom stereocenters. The Balaban J connectivity index is 2.27. The number of benzene rings is 1. The van der Waals surface area contributed by atoms with E-state index in [0.717, 1.165) is 30.8 Å². The minimum atomic E-state index is -0.693. The summed E-state index contributed by atoms with van der Waals surface area (Å²) >= 11 is 0. The molecule has 0 fully saturated rings. The summed E-state index contributed by atoms with van der Waals surface area (Å²) in [6.07, 6.45) is 1.51. The number of ether oxygens (including phenoxy) is 1. The van der Waals surface area contributed by atoms with Crippen LogP contribution in [0.5, 0.6) is 5.75 Å². The molecule has 0 bridgehead atoms. The largest absolute Gasteiger partial charge is 0.494 e. The quantitative estimate of drug-likeness (QED) is 0.581. The minimum Gasteiger partial charge on any atom is -0.494 e. The number of rotatable bonds is 9. The van der Waals surface area contributed by atoms with Gasteiger partial charge < -0.3 is 20.3 Å². The van der Waals surface area contributed by atoms with Crippen LogP contribution >= 0.6 is 0 Å². The second-order valence-electron chi connectivity index (χ2n) is 4.31. The molecule has 4 heteroatoms. The van der Waals surface area contributed by atoms with Crippen LogP contribution in [0.25, 0.3) is 0 Å². The van der Waals surface area contributed by atoms with E-state index in [1.54, 1.807) is 0 Å². The molecule has 102 valence electrons. The van der Waals surface area contributed by atoms with Gasteiger partial charge in [-0.2, -0.15) is 0 Å². The molecule has 0 saturated heterocycles. The fourth-order valence-electron chi connectivity index (χ4n) is 1.49. The highest BCUT2D eigenvalue weighted by molar-refractivity contribution is 5.27. The molecule has 0 radical (unpaired) electrons. The normalized spacial score (nSPS) is 12.4. The third-order valence-electron chi connectivity index (χ3n) is 2.61. The summed E-state index contributed by atoms with van der Waals surface area (Å²) in [5.74, 6) is 0.891. The SMILES string of the molecule is CCCCOc1ccc(CNCC(O)CO)cc1. The van der Waals surface area contributed by atoms with Crippen molar-refractivity contribution in [3.8, 4) is 5.75 Å². The van der Waals surface area contributed by atoms with E-state index in [9.17, 15) is 0 Å². The van der Waals surface area contributed by atoms with Gasteiger partial charge in [-0.3, -0.25) is 0 Å². The highest BCUT2D eigenvalue weighted by atomic mass is 16.5. The van der Waals surface area contributed by atoms with E-state index in [4.69, 9.17) is 14.9 Å². The van der Waals surface area contributed by atoms with Gasteiger partial charge in [0.1, 0.15) is 5.75 Å². The average Bonchev–Trinajstić information content (AvgIpc) is 2.40. The van der Waals surface area contributed by atoms with Crippen LogP contribution in [0, 0.1) is 0 Å². The van der Waals surface area contributed by atoms with Crippen LogP contribution in [-0.4, -0.2) is 36.1 Å². The zero-order valence-corrected chi connectivity index (χ0v) is 10.9. The Morgan fingerprint density at radius 1 is 1.28 bits per heavy atom. The lowest BCUT2D eigenvalue weighted by Gasteiger charge is -2.10. The molecule has 1 rings (SSSR count). The smallest absolute Gasteiger partial charge is 0.119 e. The van der Waals surface area contributed by atoms with Crippen molar-refractivity contribution in [3.63, 3.8) is 0 Å². The lowest BCUT2D eigenvalue weighted by molar-refractivity contribution is 0.0942. The van der Waals surface area contributed by atoms with E-state index >= 15 is 0 Å². The number of nitrogens with one attached hydrogen (secondary N) is 1. The van der Waals surface area contributed by atoms with Crippen LogP contribution in [0.4, 0.5) is 0 Å². The van der Waals surface area contributed by atoms with Crippen molar-refractivity contribution in [2.75, 3.05) is 19.8 Å². The molecule has 0 aromatic heterocycles. The summed E-state index contributed by atoms with van der Waals surface area (Å²) in [5, 5.41) is 20.9. The second-order valence-corrected chi connectivity index (χ2v) is 4.31. The number of hydrogen-bond acceptors (Lipinski definition) is 4. The standard InChI is InChI=1S/C14H23NO3/c1-2-3-8-18-14-6-4-12(5-7-14)9-15-10-13(17)11-16/h4-7,13,15-17H,2-3,8-11H2,1H3. The lowest BCUT2D eigenvalue weighted by Crippen LogP contribution is -2.28. The van der Waals surface area contributed by atoms with Crippen molar-refractivity contribution in [2.45, 2.75) is 32.4 Å². The predicted octanol–water partition coefficient (Wildman–Crippen LogP) is 1.31. The first-order valence-electron chi connectivity index (χ1n) is 6.47. The molecule has 0 aliphatic heterocycles. The van der Waals surface area contributed by atoms with Crippen molar-refractivity contribution < 1.29 is 14.9 Å². The number of aliphatic hydroxyl groups is 2. The zero-order chi connectivity index (χ0) is 13.2. The Bertz CT molecular complexity index is 313. The van der Waals surface area contributed by atoms with Crippen LogP contribution in [0.15, 0.2) is 24.3 Å². The average molecular weight is 253 g/mol. The van der Waals surface area contributed by atoms with Gasteiger partial charge in [-0.05, 0) is 24.1 Å². The van der Waals surface area contributed by atoms with Gasteiger partial charge in [-0.1, -0.05) is 25.5 Å². The Morgan fingerprint density at radius 3 is 2.61 bits per heavy atom. The molecule has 0 heterocycles. The first-order chi connectivity index (χ1) is 8.76. The Hall–Kier alpha value is -1.10. The molecular formula is C14H23NO3. The molecule has 0 saturated carbocycles. The summed E-state index contributed by atoms with van der Waals surface area (Å²) < 4.78 is 5.57. The van der Waals surface area contributed by atoms with Gasteiger partial charge in [-0.15, -0.1) is 0 Å². The van der Waals surface area contributed by atoms with E-state index < -0.39 is 6.10 Å². The fourth-order valence-corrected chi connectivity index (χ4v) is 1.49. The molecule has 1 aromatic rings. The highest BCUT2D eigenvalue weighted by Gasteiger charge is 2.01. The maximum Gasteiger partial charge on any atom is 0.119 e. The molecular weight excluding hydrogens is 230 g/mol. The van der Waals surface area contributed by atoms with Gasteiger partial charge in [0, 0.05) is 13.1 Å². The zero-order valence-electron chi connectivity index (χ0n) is 10.9. The minimum absolute atomic E-state index is 0.211. The van der Waals surface area contributed by atoms with Gasteiger partial charge >= 0.3 is 0 Å². The van der Waals surface area contributed by atoms with Crippen molar-refractivity contribution in [3.05, 3.63) is 29.8 Å². The van der Waals surface area contributed by atoms with Gasteiger partial charge in [0.25, 0.3) is 0 Å². The molecule has 1 unspecified atom stereocenters. The van der Waals surface area contributed by atoms with E-state index in [2.05, 4.69) is 12.2 Å². The number of unbranched alkanes of at least 4 members (excludes halogenated alkanes) is 1. The Morgan fingerprint density at radius 2 is 2.00 bits per heavy atom. The lowest BCUT2D eigenvalue weighted by atomic mass is 10.2. The fraction of sp³-hybridized carbons (Fsp3) is 0.571. The Labute approximate surface area is 109 Å². The third-order valence-corrected chi connectivity index (χ3v) is 2.61. The van der Waals surface area contributed by atoms with E-state index in [1.807, 2.05) is 24.3 Å². The van der Waals surface area contributed by atoms with E-state index in [0.29, 0.717) is 13.1 Å². The van der Waals surface area contributed by atoms with Crippen molar-refractivity contribution in [1.29, 1.82) is 0 Å². The molecule has 1 aromatic carbocycles. The molecule has 3 N–H and O–H groups in total. The summed E-state index contributed by atoms with van der Waals surface area (Å²) in [5.41, 5.74) is 1.13. The second kappa shape index (κ2) is 8.91. The van der Waals surface area contributed by atoms with Crippen LogP contribution in [0.1, 0.15) is 25.3 Å². The van der Waals surface area contributed by atoms with Crippen LogP contribution in [-0.2, 0) is 6.54 Å². The van der Waals surface area contributed by atoms with E-state index in [1.165, 1.54) is 0 Å². The van der Waals surface area contributed by atoms with Gasteiger partial charge in [0.15, 0.2) is 0 Å². The first-order valence-corrected chi connectivity index (χ1v) is 6.47. The van der Waals surface area contributed by atoms with Gasteiger partial charge in [0.05, 0.1) is 19.3 Å². The maximum atomic E-state index is 9.17. The molecule has 4 nitrogen and oxygen atoms in total. The number of aliphatic hydroxyl groups excluding tert-OH is 2. The van der Waals surface area contributed by atoms with Crippen molar-refractivity contribution in [2.24, 2.45) is 0 Å². The third kappa shape index (κ3) is 6.00. The van der Waals surface area contributed by atoms with Crippen LogP contribution < -0.4 is 10.1 Å². The summed E-state index contributed by atoms with van der Waals surface area (Å²) in [7, 11) is 0. The summed E-state index contributed by atoms with van der Waals surface area (Å²) in [6, 6.07) is 7.91. The molecule has 18 heavy (non-hydrogen) atoms. The molecule has 0 spiro atoms. The molecule has 0 amide bonds. The summed E-state index contributed by atoms with van der Waals surface area (Å²) in [4.78, 5) is 0. The predicted molar refractivity (Wildman–Crippen MR) is 71.6 cm³/mol. The molecule has 0 aliphatic rings. The topological polar surface area (TPSA) is 61.7 Å². The monoisotopic (exact) mass is 253 g/mol. The highest BCUT2D eigenvalue weighted by Crippen LogP contribution is 2.12. The van der Waals surface area contributed by atoms with Crippen LogP contribution in [0.3, 0.4) is 0 Å². The summed E-state index contributed by atoms with van der Waals surface area (Å²) in [6.45, 7) is 3.75. The first kappa shape index (κ1) is 15.0. The molecule has 0 aliphatic carbocycles. The van der Waals surface area contributed by atoms with Gasteiger partial charge in [0.2, 0.25) is 0 Å². The Kier molecular flexibility index (Phi) is 7.41. The maximum absolute atomic E-state index is 9.17. The van der Waals surface area contributed by atoms with Crippen molar-refractivity contribution in [1.82, 2.24) is 5.32 Å².